The highest BCUT2D eigenvalue weighted by Crippen LogP contribution is 1.99. The van der Waals surface area contributed by atoms with E-state index in [0.29, 0.717) is 104 Å². The molecule has 0 radical (unpaired) electrons. The third kappa shape index (κ3) is 29.8. The number of amides is 8. The van der Waals surface area contributed by atoms with Crippen molar-refractivity contribution in [2.75, 3.05) is 124 Å². The van der Waals surface area contributed by atoms with E-state index in [-0.39, 0.29) is 100 Å². The van der Waals surface area contributed by atoms with Crippen LogP contribution in [0.5, 0.6) is 0 Å². The molecule has 15 N–H and O–H groups in total. The maximum atomic E-state index is 13.3. The smallest absolute Gasteiger partial charge is 0.317 e. The molecule has 0 aromatic heterocycles. The van der Waals surface area contributed by atoms with Crippen LogP contribution in [0.25, 0.3) is 0 Å². The summed E-state index contributed by atoms with van der Waals surface area (Å²) in [4.78, 5) is 92.1. The molecule has 0 saturated heterocycles. The van der Waals surface area contributed by atoms with Crippen molar-refractivity contribution in [2.45, 2.75) is 51.9 Å². The molecule has 0 spiro atoms. The quantitative estimate of drug-likeness (QED) is 0.0291. The van der Waals surface area contributed by atoms with Gasteiger partial charge in [0.2, 0.25) is 35.4 Å². The number of rotatable bonds is 34. The second-order valence-electron chi connectivity index (χ2n) is 12.7. The first-order chi connectivity index (χ1) is 26.5. The fraction of sp³-hybridized carbons (Fsp3) is 0.794. The van der Waals surface area contributed by atoms with Gasteiger partial charge in [0, 0.05) is 163 Å². The van der Waals surface area contributed by atoms with Crippen molar-refractivity contribution in [1.29, 1.82) is 0 Å². The van der Waals surface area contributed by atoms with Gasteiger partial charge in [-0.2, -0.15) is 0 Å². The zero-order valence-corrected chi connectivity index (χ0v) is 32.9. The third-order valence-electron chi connectivity index (χ3n) is 8.02. The third-order valence-corrected chi connectivity index (χ3v) is 8.02. The lowest BCUT2D eigenvalue weighted by molar-refractivity contribution is -0.123. The summed E-state index contributed by atoms with van der Waals surface area (Å²) < 4.78 is 0. The molecule has 0 aromatic carbocycles. The first-order valence-electron chi connectivity index (χ1n) is 19.4. The maximum absolute atomic E-state index is 13.3. The van der Waals surface area contributed by atoms with E-state index in [4.69, 9.17) is 22.9 Å². The number of hydrogen-bond donors (Lipinski definition) is 11. The van der Waals surface area contributed by atoms with E-state index in [1.54, 1.807) is 0 Å². The predicted octanol–water partition coefficient (Wildman–Crippen LogP) is -5.12. The number of hydrogen-bond acceptors (Lipinski definition) is 13. The number of carbonyl (C=O) groups excluding carboxylic acids is 7. The van der Waals surface area contributed by atoms with Crippen LogP contribution in [0, 0.1) is 0 Å². The van der Waals surface area contributed by atoms with Crippen molar-refractivity contribution in [3.8, 4) is 0 Å². The van der Waals surface area contributed by atoms with Gasteiger partial charge < -0.3 is 74.9 Å². The Morgan fingerprint density at radius 2 is 0.655 bits per heavy atom. The summed E-state index contributed by atoms with van der Waals surface area (Å²) in [6.07, 6.45) is 1.78. The molecule has 0 saturated carbocycles. The largest absolute Gasteiger partial charge is 0.355 e. The SMILES string of the molecule is CCCC(=O)NCCN(CCC(=O)NCCN(CCC(=O)NCCN)CCC(=O)NCCN)C(=O)NCCN(CCC(=O)NCCN)CCC(=O)NCCN. The molecule has 21 heteroatoms. The highest BCUT2D eigenvalue weighted by Gasteiger charge is 2.18. The Balaban J connectivity index is 5.30. The normalized spacial score (nSPS) is 10.8. The van der Waals surface area contributed by atoms with Gasteiger partial charge in [-0.3, -0.25) is 28.8 Å². The fourth-order valence-electron chi connectivity index (χ4n) is 4.98. The minimum absolute atomic E-state index is 0.0126. The summed E-state index contributed by atoms with van der Waals surface area (Å²) in [6, 6.07) is -0.439. The summed E-state index contributed by atoms with van der Waals surface area (Å²) in [5.74, 6) is -1.13. The molecular formula is C34H70N14O7. The Kier molecular flexibility index (Phi) is 31.8. The van der Waals surface area contributed by atoms with E-state index < -0.39 is 6.03 Å². The zero-order valence-electron chi connectivity index (χ0n) is 32.9. The topological polar surface area (TPSA) is 317 Å². The van der Waals surface area contributed by atoms with Crippen molar-refractivity contribution in [3.63, 3.8) is 0 Å². The van der Waals surface area contributed by atoms with Crippen molar-refractivity contribution >= 4 is 41.5 Å². The fourth-order valence-corrected chi connectivity index (χ4v) is 4.98. The molecule has 0 aliphatic carbocycles. The summed E-state index contributed by atoms with van der Waals surface area (Å²) >= 11 is 0. The average Bonchev–Trinajstić information content (AvgIpc) is 3.17. The Morgan fingerprint density at radius 3 is 1.00 bits per heavy atom. The lowest BCUT2D eigenvalue weighted by atomic mass is 10.3. The molecule has 55 heavy (non-hydrogen) atoms. The van der Waals surface area contributed by atoms with Crippen molar-refractivity contribution in [2.24, 2.45) is 22.9 Å². The van der Waals surface area contributed by atoms with Gasteiger partial charge in [0.05, 0.1) is 0 Å². The molecule has 21 nitrogen and oxygen atoms in total. The standard InChI is InChI=1S/C34H70N14O7/c1-2-3-28(49)44-19-27-48(34(55)45-18-26-47(22-6-31(52)41-15-11-37)23-7-32(53)42-16-12-38)24-8-33(54)43-17-25-46(20-4-29(50)39-13-9-35)21-5-30(51)40-14-10-36/h2-27,35-38H2,1H3,(H,39,50)(H,40,51)(H,41,52)(H,42,53)(H,43,54)(H,44,49)(H,45,55). The van der Waals surface area contributed by atoms with E-state index in [1.807, 2.05) is 16.7 Å². The van der Waals surface area contributed by atoms with Crippen LogP contribution in [0.1, 0.15) is 51.9 Å². The molecule has 318 valence electrons. The van der Waals surface area contributed by atoms with Gasteiger partial charge in [-0.1, -0.05) is 6.92 Å². The van der Waals surface area contributed by atoms with Crippen LogP contribution in [0.4, 0.5) is 4.79 Å². The first kappa shape index (κ1) is 50.9. The Labute approximate surface area is 325 Å². The Bertz CT molecular complexity index is 1070. The van der Waals surface area contributed by atoms with Gasteiger partial charge in [-0.15, -0.1) is 0 Å². The van der Waals surface area contributed by atoms with Crippen LogP contribution >= 0.6 is 0 Å². The molecule has 0 aliphatic rings. The van der Waals surface area contributed by atoms with E-state index in [1.165, 1.54) is 4.90 Å². The summed E-state index contributed by atoms with van der Waals surface area (Å²) in [5.41, 5.74) is 21.8. The number of urea groups is 1. The lowest BCUT2D eigenvalue weighted by Crippen LogP contribution is -2.47. The van der Waals surface area contributed by atoms with Crippen LogP contribution in [0.2, 0.25) is 0 Å². The first-order valence-corrected chi connectivity index (χ1v) is 19.4. The van der Waals surface area contributed by atoms with Gasteiger partial charge in [-0.25, -0.2) is 4.79 Å². The van der Waals surface area contributed by atoms with Crippen LogP contribution < -0.4 is 60.2 Å². The van der Waals surface area contributed by atoms with E-state index in [0.717, 1.165) is 0 Å². The minimum atomic E-state index is -0.439. The molecule has 0 heterocycles. The van der Waals surface area contributed by atoms with Crippen LogP contribution in [-0.2, 0) is 28.8 Å². The monoisotopic (exact) mass is 787 g/mol. The van der Waals surface area contributed by atoms with Crippen LogP contribution in [-0.4, -0.2) is 181 Å². The molecule has 0 aliphatic heterocycles. The Morgan fingerprint density at radius 1 is 0.364 bits per heavy atom. The Hall–Kier alpha value is -4.15. The van der Waals surface area contributed by atoms with Gasteiger partial charge in [0.1, 0.15) is 0 Å². The van der Waals surface area contributed by atoms with Crippen LogP contribution in [0.15, 0.2) is 0 Å². The second kappa shape index (κ2) is 34.3. The highest BCUT2D eigenvalue weighted by molar-refractivity contribution is 5.79. The average molecular weight is 787 g/mol. The molecule has 8 amide bonds. The van der Waals surface area contributed by atoms with Crippen molar-refractivity contribution < 1.29 is 33.6 Å². The second-order valence-corrected chi connectivity index (χ2v) is 12.7. The molecule has 0 bridgehead atoms. The molecule has 0 aromatic rings. The van der Waals surface area contributed by atoms with Crippen LogP contribution in [0.3, 0.4) is 0 Å². The summed E-state index contributed by atoms with van der Waals surface area (Å²) in [5, 5.41) is 19.3. The number of nitrogens with two attached hydrogens (primary N) is 4. The van der Waals surface area contributed by atoms with E-state index >= 15 is 0 Å². The summed E-state index contributed by atoms with van der Waals surface area (Å²) in [7, 11) is 0. The zero-order chi connectivity index (χ0) is 41.1. The molecule has 0 unspecified atom stereocenters. The number of nitrogens with one attached hydrogen (secondary N) is 7. The molecular weight excluding hydrogens is 716 g/mol. The number of nitrogens with zero attached hydrogens (tertiary/aromatic N) is 3. The maximum Gasteiger partial charge on any atom is 0.317 e. The van der Waals surface area contributed by atoms with Gasteiger partial charge in [0.25, 0.3) is 0 Å². The predicted molar refractivity (Wildman–Crippen MR) is 210 cm³/mol. The molecule has 0 atom stereocenters. The van der Waals surface area contributed by atoms with Gasteiger partial charge in [-0.05, 0) is 6.42 Å². The van der Waals surface area contributed by atoms with E-state index in [2.05, 4.69) is 37.2 Å². The summed E-state index contributed by atoms with van der Waals surface area (Å²) in [6.45, 7) is 7.64. The van der Waals surface area contributed by atoms with E-state index in [9.17, 15) is 33.6 Å². The molecule has 0 rings (SSSR count). The van der Waals surface area contributed by atoms with Gasteiger partial charge in [0.15, 0.2) is 0 Å². The van der Waals surface area contributed by atoms with Crippen molar-refractivity contribution in [3.05, 3.63) is 0 Å². The number of carbonyl (C=O) groups is 7. The minimum Gasteiger partial charge on any atom is -0.355 e. The van der Waals surface area contributed by atoms with Crippen molar-refractivity contribution in [1.82, 2.24) is 51.9 Å². The lowest BCUT2D eigenvalue weighted by Gasteiger charge is -2.26. The highest BCUT2D eigenvalue weighted by atomic mass is 16.2. The van der Waals surface area contributed by atoms with Gasteiger partial charge >= 0.3 is 6.03 Å². The molecule has 0 fully saturated rings.